The second-order valence-corrected chi connectivity index (χ2v) is 8.07. The molecular weight excluding hydrogens is 368 g/mol. The molecule has 6 heteroatoms. The lowest BCUT2D eigenvalue weighted by atomic mass is 10.1. The zero-order chi connectivity index (χ0) is 19.8. The van der Waals surface area contributed by atoms with Gasteiger partial charge in [-0.25, -0.2) is 0 Å². The van der Waals surface area contributed by atoms with Crippen molar-refractivity contribution in [1.82, 2.24) is 5.43 Å². The summed E-state index contributed by atoms with van der Waals surface area (Å²) in [5, 5.41) is 8.25. The predicted octanol–water partition coefficient (Wildman–Crippen LogP) is 4.31. The number of rotatable bonds is 7. The third-order valence-corrected chi connectivity index (χ3v) is 5.14. The van der Waals surface area contributed by atoms with Gasteiger partial charge in [0.25, 0.3) is 0 Å². The van der Waals surface area contributed by atoms with Crippen molar-refractivity contribution in [3.05, 3.63) is 65.7 Å². The molecule has 5 nitrogen and oxygen atoms in total. The van der Waals surface area contributed by atoms with Gasteiger partial charge >= 0.3 is 0 Å². The highest BCUT2D eigenvalue weighted by Crippen LogP contribution is 2.17. The van der Waals surface area contributed by atoms with E-state index >= 15 is 0 Å². The second-order valence-electron chi connectivity index (χ2n) is 7.10. The number of carbonyl (C=O) groups is 1. The predicted molar refractivity (Wildman–Crippen MR) is 119 cm³/mol. The summed E-state index contributed by atoms with van der Waals surface area (Å²) in [4.78, 5) is 16.5. The van der Waals surface area contributed by atoms with E-state index in [9.17, 15) is 4.79 Å². The summed E-state index contributed by atoms with van der Waals surface area (Å²) in [5.74, 6) is 1.17. The first-order chi connectivity index (χ1) is 13.6. The Bertz CT molecular complexity index is 845. The first kappa shape index (κ1) is 20.1. The Hall–Kier alpha value is -2.60. The van der Waals surface area contributed by atoms with Crippen molar-refractivity contribution < 1.29 is 4.79 Å². The number of nitrogens with zero attached hydrogens (tertiary/aromatic N) is 2. The van der Waals surface area contributed by atoms with Gasteiger partial charge in [0.15, 0.2) is 5.17 Å². The zero-order valence-corrected chi connectivity index (χ0v) is 17.1. The molecule has 2 N–H and O–H groups in total. The van der Waals surface area contributed by atoms with Crippen LogP contribution in [0.4, 0.5) is 5.69 Å². The second kappa shape index (κ2) is 10.1. The number of thioether (sulfide) groups is 1. The molecule has 146 valence electrons. The van der Waals surface area contributed by atoms with E-state index < -0.39 is 0 Å². The Kier molecular flexibility index (Phi) is 7.25. The number of anilines is 1. The van der Waals surface area contributed by atoms with E-state index in [1.165, 1.54) is 5.56 Å². The summed E-state index contributed by atoms with van der Waals surface area (Å²) >= 11 is 1.66. The third-order valence-electron chi connectivity index (χ3n) is 4.23. The molecule has 28 heavy (non-hydrogen) atoms. The first-order valence-electron chi connectivity index (χ1n) is 9.54. The van der Waals surface area contributed by atoms with Gasteiger partial charge in [-0.15, -0.1) is 0 Å². The van der Waals surface area contributed by atoms with Crippen molar-refractivity contribution in [2.75, 3.05) is 17.6 Å². The van der Waals surface area contributed by atoms with Gasteiger partial charge in [-0.05, 0) is 35.6 Å². The molecule has 0 saturated carbocycles. The number of hydrogen-bond donors (Lipinski definition) is 2. The fraction of sp³-hybridized carbons (Fsp3) is 0.318. The van der Waals surface area contributed by atoms with Crippen LogP contribution in [0, 0.1) is 5.92 Å². The summed E-state index contributed by atoms with van der Waals surface area (Å²) in [6.45, 7) is 4.82. The number of aliphatic imine (C=N–C) groups is 1. The van der Waals surface area contributed by atoms with Gasteiger partial charge in [-0.3, -0.25) is 15.2 Å². The van der Waals surface area contributed by atoms with Crippen LogP contribution in [-0.2, 0) is 11.2 Å². The molecule has 3 rings (SSSR count). The van der Waals surface area contributed by atoms with Crippen LogP contribution < -0.4 is 10.7 Å². The zero-order valence-electron chi connectivity index (χ0n) is 16.3. The van der Waals surface area contributed by atoms with Gasteiger partial charge in [0.2, 0.25) is 5.91 Å². The molecule has 0 bridgehead atoms. The standard InChI is InChI=1S/C22H26N4OS/c1-16(2)14-21(27)24-19-10-8-18(9-11-19)20-15-28-22(26-25-20)23-13-12-17-6-4-3-5-7-17/h3-11,16H,12-15H2,1-2H3,(H,23,26)(H,24,27). The lowest BCUT2D eigenvalue weighted by molar-refractivity contribution is -0.116. The van der Waals surface area contributed by atoms with Gasteiger partial charge in [0.1, 0.15) is 0 Å². The molecule has 0 saturated heterocycles. The minimum Gasteiger partial charge on any atom is -0.326 e. The van der Waals surface area contributed by atoms with Gasteiger partial charge in [-0.2, -0.15) is 5.10 Å². The van der Waals surface area contributed by atoms with E-state index in [-0.39, 0.29) is 5.91 Å². The highest BCUT2D eigenvalue weighted by molar-refractivity contribution is 8.14. The quantitative estimate of drug-likeness (QED) is 0.735. The maximum atomic E-state index is 11.9. The van der Waals surface area contributed by atoms with Crippen LogP contribution in [0.1, 0.15) is 31.4 Å². The van der Waals surface area contributed by atoms with E-state index in [1.807, 2.05) is 56.3 Å². The minimum absolute atomic E-state index is 0.0475. The molecule has 1 aliphatic rings. The lowest BCUT2D eigenvalue weighted by Gasteiger charge is -2.15. The Balaban J connectivity index is 1.51. The molecule has 0 unspecified atom stereocenters. The van der Waals surface area contributed by atoms with E-state index in [0.717, 1.165) is 40.8 Å². The molecule has 0 aromatic heterocycles. The van der Waals surface area contributed by atoms with Crippen LogP contribution in [0.2, 0.25) is 0 Å². The number of benzene rings is 2. The maximum absolute atomic E-state index is 11.9. The summed E-state index contributed by atoms with van der Waals surface area (Å²) < 4.78 is 0. The molecule has 0 aliphatic carbocycles. The molecule has 2 aromatic carbocycles. The molecule has 1 heterocycles. The molecule has 0 spiro atoms. The molecular formula is C22H26N4OS. The Morgan fingerprint density at radius 2 is 1.93 bits per heavy atom. The van der Waals surface area contributed by atoms with Crippen molar-refractivity contribution in [2.45, 2.75) is 26.7 Å². The van der Waals surface area contributed by atoms with Crippen LogP contribution in [-0.4, -0.2) is 29.1 Å². The summed E-state index contributed by atoms with van der Waals surface area (Å²) in [7, 11) is 0. The number of hydrogen-bond acceptors (Lipinski definition) is 4. The van der Waals surface area contributed by atoms with Gasteiger partial charge < -0.3 is 5.32 Å². The van der Waals surface area contributed by atoms with Gasteiger partial charge in [0.05, 0.1) is 5.71 Å². The monoisotopic (exact) mass is 394 g/mol. The number of amides is 1. The van der Waals surface area contributed by atoms with E-state index in [0.29, 0.717) is 12.3 Å². The molecule has 2 aromatic rings. The lowest BCUT2D eigenvalue weighted by Crippen LogP contribution is -2.25. The van der Waals surface area contributed by atoms with E-state index in [4.69, 9.17) is 0 Å². The van der Waals surface area contributed by atoms with Crippen molar-refractivity contribution in [2.24, 2.45) is 16.0 Å². The fourth-order valence-electron chi connectivity index (χ4n) is 2.81. The van der Waals surface area contributed by atoms with Crippen LogP contribution in [0.3, 0.4) is 0 Å². The number of carbonyl (C=O) groups excluding carboxylic acids is 1. The molecule has 0 radical (unpaired) electrons. The summed E-state index contributed by atoms with van der Waals surface area (Å²) in [5.41, 5.74) is 7.18. The SMILES string of the molecule is CC(C)CC(=O)Nc1ccc(C2=NNC(=NCCc3ccccc3)SC2)cc1. The van der Waals surface area contributed by atoms with Crippen molar-refractivity contribution in [3.63, 3.8) is 0 Å². The topological polar surface area (TPSA) is 65.8 Å². The number of hydrazone groups is 1. The Morgan fingerprint density at radius 3 is 2.57 bits per heavy atom. The van der Waals surface area contributed by atoms with Crippen molar-refractivity contribution in [3.8, 4) is 0 Å². The highest BCUT2D eigenvalue weighted by atomic mass is 32.2. The number of nitrogens with one attached hydrogen (secondary N) is 2. The Morgan fingerprint density at radius 1 is 1.18 bits per heavy atom. The maximum Gasteiger partial charge on any atom is 0.224 e. The average Bonchev–Trinajstić information content (AvgIpc) is 2.69. The molecule has 1 aliphatic heterocycles. The molecule has 1 amide bonds. The smallest absolute Gasteiger partial charge is 0.224 e. The largest absolute Gasteiger partial charge is 0.326 e. The minimum atomic E-state index is 0.0475. The third kappa shape index (κ3) is 6.23. The van der Waals surface area contributed by atoms with Crippen molar-refractivity contribution in [1.29, 1.82) is 0 Å². The summed E-state index contributed by atoms with van der Waals surface area (Å²) in [6, 6.07) is 18.2. The number of amidine groups is 1. The van der Waals surface area contributed by atoms with Gasteiger partial charge in [0, 0.05) is 24.4 Å². The molecule has 0 fully saturated rings. The normalized spacial score (nSPS) is 15.2. The fourth-order valence-corrected chi connectivity index (χ4v) is 3.60. The van der Waals surface area contributed by atoms with Crippen LogP contribution in [0.5, 0.6) is 0 Å². The van der Waals surface area contributed by atoms with Crippen LogP contribution >= 0.6 is 11.8 Å². The average molecular weight is 395 g/mol. The van der Waals surface area contributed by atoms with Gasteiger partial charge in [-0.1, -0.05) is 68.1 Å². The molecule has 0 atom stereocenters. The summed E-state index contributed by atoms with van der Waals surface area (Å²) in [6.07, 6.45) is 1.45. The highest BCUT2D eigenvalue weighted by Gasteiger charge is 2.13. The van der Waals surface area contributed by atoms with E-state index in [1.54, 1.807) is 11.8 Å². The van der Waals surface area contributed by atoms with Crippen LogP contribution in [0.15, 0.2) is 64.7 Å². The van der Waals surface area contributed by atoms with Crippen LogP contribution in [0.25, 0.3) is 0 Å². The first-order valence-corrected chi connectivity index (χ1v) is 10.5. The van der Waals surface area contributed by atoms with E-state index in [2.05, 4.69) is 33.0 Å². The Labute approximate surface area is 170 Å². The van der Waals surface area contributed by atoms with Crippen molar-refractivity contribution >= 4 is 34.2 Å².